The number of hydrogen-bond donors (Lipinski definition) is 0. The van der Waals surface area contributed by atoms with Crippen LogP contribution in [0.25, 0.3) is 10.8 Å². The van der Waals surface area contributed by atoms with Crippen molar-refractivity contribution >= 4 is 10.8 Å². The molecule has 3 fully saturated rings. The summed E-state index contributed by atoms with van der Waals surface area (Å²) in [5.74, 6) is 3.49. The van der Waals surface area contributed by atoms with E-state index in [0.29, 0.717) is 0 Å². The Morgan fingerprint density at radius 2 is 1.55 bits per heavy atom. The third-order valence-electron chi connectivity index (χ3n) is 6.13. The van der Waals surface area contributed by atoms with Crippen LogP contribution in [0, 0.1) is 17.8 Å². The van der Waals surface area contributed by atoms with Gasteiger partial charge in [0.15, 0.2) is 0 Å². The van der Waals surface area contributed by atoms with Gasteiger partial charge in [0, 0.05) is 6.54 Å². The smallest absolute Gasteiger partial charge is 0.00122 e. The molecule has 3 aliphatic carbocycles. The lowest BCUT2D eigenvalue weighted by molar-refractivity contribution is 0.0507. The predicted molar refractivity (Wildman–Crippen MR) is 94.2 cm³/mol. The van der Waals surface area contributed by atoms with Crippen LogP contribution in [0.2, 0.25) is 0 Å². The maximum absolute atomic E-state index is 2.48. The summed E-state index contributed by atoms with van der Waals surface area (Å²) in [4.78, 5) is 2.40. The Morgan fingerprint density at radius 1 is 0.864 bits per heavy atom. The van der Waals surface area contributed by atoms with Crippen LogP contribution in [0.5, 0.6) is 0 Å². The van der Waals surface area contributed by atoms with Crippen LogP contribution >= 0.6 is 0 Å². The second-order valence-corrected chi connectivity index (χ2v) is 7.73. The van der Waals surface area contributed by atoms with Crippen molar-refractivity contribution in [2.75, 3.05) is 20.6 Å². The Bertz CT molecular complexity index is 652. The lowest BCUT2D eigenvalue weighted by Gasteiger charge is -2.50. The van der Waals surface area contributed by atoms with E-state index in [1.54, 1.807) is 5.56 Å². The Morgan fingerprint density at radius 3 is 2.27 bits per heavy atom. The van der Waals surface area contributed by atoms with Crippen molar-refractivity contribution in [3.63, 3.8) is 0 Å². The summed E-state index contributed by atoms with van der Waals surface area (Å²) < 4.78 is 0. The van der Waals surface area contributed by atoms with Gasteiger partial charge in [0.1, 0.15) is 0 Å². The van der Waals surface area contributed by atoms with Crippen LogP contribution in [0.15, 0.2) is 42.5 Å². The molecule has 2 aromatic rings. The van der Waals surface area contributed by atoms with Crippen molar-refractivity contribution in [2.45, 2.75) is 31.6 Å². The van der Waals surface area contributed by atoms with Crippen LogP contribution in [-0.4, -0.2) is 25.5 Å². The summed E-state index contributed by atoms with van der Waals surface area (Å²) in [6, 6.07) is 16.0. The van der Waals surface area contributed by atoms with Crippen molar-refractivity contribution in [3.8, 4) is 0 Å². The first-order valence-electron chi connectivity index (χ1n) is 8.86. The highest BCUT2D eigenvalue weighted by molar-refractivity contribution is 5.83. The standard InChI is InChI=1S/C21H27N/c1-22(2)14-20-16-8-10-17(11-9-16)21(20)19-12-7-15-5-3-4-6-18(15)13-19/h3-7,12-13,16-17,20-21H,8-11,14H2,1-2H3/t16?,17?,20-,21+/m0/s1. The van der Waals surface area contributed by atoms with E-state index >= 15 is 0 Å². The van der Waals surface area contributed by atoms with E-state index in [2.05, 4.69) is 61.5 Å². The molecule has 0 amide bonds. The van der Waals surface area contributed by atoms with Gasteiger partial charge in [0.25, 0.3) is 0 Å². The number of benzene rings is 2. The highest BCUT2D eigenvalue weighted by Gasteiger charge is 2.44. The van der Waals surface area contributed by atoms with E-state index in [-0.39, 0.29) is 0 Å². The maximum Gasteiger partial charge on any atom is 0.00122 e. The third kappa shape index (κ3) is 2.46. The van der Waals surface area contributed by atoms with Gasteiger partial charge >= 0.3 is 0 Å². The molecular weight excluding hydrogens is 266 g/mol. The summed E-state index contributed by atoms with van der Waals surface area (Å²) >= 11 is 0. The van der Waals surface area contributed by atoms with Crippen molar-refractivity contribution in [2.24, 2.45) is 17.8 Å². The van der Waals surface area contributed by atoms with Crippen molar-refractivity contribution in [1.82, 2.24) is 4.90 Å². The fourth-order valence-electron chi connectivity index (χ4n) is 5.19. The lowest BCUT2D eigenvalue weighted by atomic mass is 9.56. The van der Waals surface area contributed by atoms with Gasteiger partial charge in [0.05, 0.1) is 0 Å². The Labute approximate surface area is 134 Å². The zero-order chi connectivity index (χ0) is 15.1. The monoisotopic (exact) mass is 293 g/mol. The number of hydrogen-bond acceptors (Lipinski definition) is 1. The Balaban J connectivity index is 1.73. The van der Waals surface area contributed by atoms with Crippen LogP contribution in [0.1, 0.15) is 37.2 Å². The van der Waals surface area contributed by atoms with E-state index in [4.69, 9.17) is 0 Å². The normalized spacial score (nSPS) is 31.0. The molecule has 1 nitrogen and oxygen atoms in total. The van der Waals surface area contributed by atoms with Crippen LogP contribution in [0.4, 0.5) is 0 Å². The van der Waals surface area contributed by atoms with Gasteiger partial charge in [-0.3, -0.25) is 0 Å². The molecule has 5 rings (SSSR count). The van der Waals surface area contributed by atoms with E-state index in [1.807, 2.05) is 0 Å². The SMILES string of the molecule is CN(C)C[C@H]1C2CCC(CC2)[C@@H]1c1ccc2ccccc2c1. The molecule has 0 N–H and O–H groups in total. The van der Waals surface area contributed by atoms with Crippen LogP contribution in [-0.2, 0) is 0 Å². The average Bonchev–Trinajstić information content (AvgIpc) is 2.55. The molecule has 0 heterocycles. The van der Waals surface area contributed by atoms with Gasteiger partial charge in [0.2, 0.25) is 0 Å². The first-order valence-corrected chi connectivity index (χ1v) is 8.86. The predicted octanol–water partition coefficient (Wildman–Crippen LogP) is 4.92. The molecule has 2 bridgehead atoms. The van der Waals surface area contributed by atoms with E-state index < -0.39 is 0 Å². The molecule has 2 atom stereocenters. The van der Waals surface area contributed by atoms with Crippen molar-refractivity contribution in [3.05, 3.63) is 48.0 Å². The Hall–Kier alpha value is -1.34. The number of fused-ring (bicyclic) bond motifs is 4. The minimum absolute atomic E-state index is 0.777. The second kappa shape index (κ2) is 5.70. The van der Waals surface area contributed by atoms with Gasteiger partial charge in [-0.1, -0.05) is 42.5 Å². The van der Waals surface area contributed by atoms with E-state index in [0.717, 1.165) is 23.7 Å². The summed E-state index contributed by atoms with van der Waals surface area (Å²) in [7, 11) is 4.47. The third-order valence-corrected chi connectivity index (χ3v) is 6.13. The molecule has 3 saturated carbocycles. The van der Waals surface area contributed by atoms with Crippen LogP contribution in [0.3, 0.4) is 0 Å². The zero-order valence-corrected chi connectivity index (χ0v) is 13.8. The molecule has 2 aromatic carbocycles. The van der Waals surface area contributed by atoms with Crippen molar-refractivity contribution < 1.29 is 0 Å². The molecule has 0 saturated heterocycles. The number of nitrogens with zero attached hydrogens (tertiary/aromatic N) is 1. The summed E-state index contributed by atoms with van der Waals surface area (Å²) in [6.45, 7) is 1.25. The van der Waals surface area contributed by atoms with Gasteiger partial charge in [-0.25, -0.2) is 0 Å². The fraction of sp³-hybridized carbons (Fsp3) is 0.524. The van der Waals surface area contributed by atoms with Gasteiger partial charge in [-0.15, -0.1) is 0 Å². The minimum Gasteiger partial charge on any atom is -0.309 e. The average molecular weight is 293 g/mol. The molecule has 0 unspecified atom stereocenters. The van der Waals surface area contributed by atoms with Gasteiger partial charge in [-0.05, 0) is 79.8 Å². The lowest BCUT2D eigenvalue weighted by Crippen LogP contribution is -2.43. The molecule has 116 valence electrons. The Kier molecular flexibility index (Phi) is 3.69. The topological polar surface area (TPSA) is 3.24 Å². The van der Waals surface area contributed by atoms with Crippen molar-refractivity contribution in [1.29, 1.82) is 0 Å². The molecular formula is C21H27N. The highest BCUT2D eigenvalue weighted by atomic mass is 15.1. The molecule has 1 heteroatoms. The molecule has 0 aromatic heterocycles. The molecule has 3 aliphatic rings. The summed E-state index contributed by atoms with van der Waals surface area (Å²) in [5, 5.41) is 2.78. The second-order valence-electron chi connectivity index (χ2n) is 7.73. The molecule has 0 aliphatic heterocycles. The summed E-state index contributed by atoms with van der Waals surface area (Å²) in [5.41, 5.74) is 1.60. The molecule has 0 radical (unpaired) electrons. The van der Waals surface area contributed by atoms with E-state index in [1.165, 1.54) is 43.0 Å². The maximum atomic E-state index is 2.48. The molecule has 0 spiro atoms. The number of rotatable bonds is 3. The first-order chi connectivity index (χ1) is 10.7. The van der Waals surface area contributed by atoms with Crippen LogP contribution < -0.4 is 0 Å². The van der Waals surface area contributed by atoms with Gasteiger partial charge in [-0.2, -0.15) is 0 Å². The van der Waals surface area contributed by atoms with Gasteiger partial charge < -0.3 is 4.90 Å². The fourth-order valence-corrected chi connectivity index (χ4v) is 5.19. The minimum atomic E-state index is 0.777. The zero-order valence-electron chi connectivity index (χ0n) is 13.8. The van der Waals surface area contributed by atoms with E-state index in [9.17, 15) is 0 Å². The highest BCUT2D eigenvalue weighted by Crippen LogP contribution is 2.53. The first kappa shape index (κ1) is 14.3. The summed E-state index contributed by atoms with van der Waals surface area (Å²) in [6.07, 6.45) is 5.83. The molecule has 22 heavy (non-hydrogen) atoms. The quantitative estimate of drug-likeness (QED) is 0.776. The largest absolute Gasteiger partial charge is 0.309 e.